The number of hydrogen-bond acceptors (Lipinski definition) is 4. The fourth-order valence-electron chi connectivity index (χ4n) is 2.10. The normalized spacial score (nSPS) is 12.9. The molecule has 2 rings (SSSR count). The van der Waals surface area contributed by atoms with Crippen molar-refractivity contribution in [3.63, 3.8) is 0 Å². The number of hydrogen-bond donors (Lipinski definition) is 2. The molecule has 0 radical (unpaired) electrons. The molecule has 5 nitrogen and oxygen atoms in total. The number of nitrogens with zero attached hydrogens (tertiary/aromatic N) is 1. The molecule has 1 amide bonds. The molecule has 2 aromatic rings. The second kappa shape index (κ2) is 7.62. The van der Waals surface area contributed by atoms with E-state index in [0.29, 0.717) is 18.1 Å². The van der Waals surface area contributed by atoms with E-state index in [1.807, 2.05) is 52.0 Å². The molecule has 1 aromatic carbocycles. The summed E-state index contributed by atoms with van der Waals surface area (Å²) in [4.78, 5) is 16.1. The minimum Gasteiger partial charge on any atom is -0.441 e. The van der Waals surface area contributed by atoms with Crippen LogP contribution in [0, 0.1) is 12.3 Å². The Hall–Kier alpha value is -2.14. The van der Waals surface area contributed by atoms with E-state index in [2.05, 4.69) is 10.3 Å². The fraction of sp³-hybridized carbons (Fsp3) is 0.474. The van der Waals surface area contributed by atoms with E-state index < -0.39 is 6.10 Å². The quantitative estimate of drug-likeness (QED) is 0.853. The van der Waals surface area contributed by atoms with E-state index in [4.69, 9.17) is 4.42 Å². The summed E-state index contributed by atoms with van der Waals surface area (Å²) < 4.78 is 5.70. The summed E-state index contributed by atoms with van der Waals surface area (Å²) >= 11 is 0. The molecule has 5 heteroatoms. The summed E-state index contributed by atoms with van der Waals surface area (Å²) in [5.41, 5.74) is 1.91. The molecular formula is C19H26N2O3. The Morgan fingerprint density at radius 3 is 2.58 bits per heavy atom. The minimum atomic E-state index is -0.573. The van der Waals surface area contributed by atoms with Crippen LogP contribution >= 0.6 is 0 Å². The van der Waals surface area contributed by atoms with E-state index in [1.54, 1.807) is 6.20 Å². The van der Waals surface area contributed by atoms with E-state index in [0.717, 1.165) is 5.56 Å². The Bertz CT molecular complexity index is 669. The number of aliphatic hydroxyl groups is 1. The van der Waals surface area contributed by atoms with Gasteiger partial charge in [-0.05, 0) is 12.3 Å². The molecule has 0 aliphatic heterocycles. The topological polar surface area (TPSA) is 75.4 Å². The SMILES string of the molecule is Cc1ccc(-c2cnc(CCC(=O)NCC(O)C(C)(C)C)o2)cc1. The number of aryl methyl sites for hydroxylation is 2. The molecule has 0 spiro atoms. The van der Waals surface area contributed by atoms with E-state index in [1.165, 1.54) is 5.56 Å². The van der Waals surface area contributed by atoms with E-state index in [9.17, 15) is 9.90 Å². The molecule has 1 atom stereocenters. The summed E-state index contributed by atoms with van der Waals surface area (Å²) in [5.74, 6) is 1.12. The van der Waals surface area contributed by atoms with Gasteiger partial charge >= 0.3 is 0 Å². The molecule has 0 bridgehead atoms. The van der Waals surface area contributed by atoms with Crippen molar-refractivity contribution >= 4 is 5.91 Å². The molecule has 0 aliphatic rings. The molecule has 1 heterocycles. The van der Waals surface area contributed by atoms with Gasteiger partial charge < -0.3 is 14.8 Å². The molecule has 0 fully saturated rings. The summed E-state index contributed by atoms with van der Waals surface area (Å²) in [7, 11) is 0. The average Bonchev–Trinajstić information content (AvgIpc) is 2.99. The first-order valence-corrected chi connectivity index (χ1v) is 8.22. The van der Waals surface area contributed by atoms with Crippen LogP contribution in [0.5, 0.6) is 0 Å². The number of rotatable bonds is 6. The highest BCUT2D eigenvalue weighted by molar-refractivity contribution is 5.76. The van der Waals surface area contributed by atoms with Crippen molar-refractivity contribution in [3.05, 3.63) is 41.9 Å². The van der Waals surface area contributed by atoms with Crippen LogP contribution in [-0.4, -0.2) is 28.6 Å². The summed E-state index contributed by atoms with van der Waals surface area (Å²) in [6, 6.07) is 8.01. The highest BCUT2D eigenvalue weighted by Gasteiger charge is 2.22. The van der Waals surface area contributed by atoms with E-state index >= 15 is 0 Å². The van der Waals surface area contributed by atoms with Crippen LogP contribution in [-0.2, 0) is 11.2 Å². The van der Waals surface area contributed by atoms with Crippen molar-refractivity contribution in [3.8, 4) is 11.3 Å². The monoisotopic (exact) mass is 330 g/mol. The van der Waals surface area contributed by atoms with Gasteiger partial charge in [0.25, 0.3) is 0 Å². The van der Waals surface area contributed by atoms with Crippen molar-refractivity contribution in [2.24, 2.45) is 5.41 Å². The van der Waals surface area contributed by atoms with Gasteiger partial charge in [-0.3, -0.25) is 4.79 Å². The number of benzene rings is 1. The van der Waals surface area contributed by atoms with Gasteiger partial charge in [0.15, 0.2) is 11.7 Å². The Labute approximate surface area is 143 Å². The minimum absolute atomic E-state index is 0.117. The van der Waals surface area contributed by atoms with Crippen molar-refractivity contribution in [1.29, 1.82) is 0 Å². The second-order valence-electron chi connectivity index (χ2n) is 7.17. The highest BCUT2D eigenvalue weighted by atomic mass is 16.4. The van der Waals surface area contributed by atoms with Crippen molar-refractivity contribution in [1.82, 2.24) is 10.3 Å². The van der Waals surface area contributed by atoms with Crippen LogP contribution in [0.4, 0.5) is 0 Å². The Morgan fingerprint density at radius 1 is 1.29 bits per heavy atom. The Kier molecular flexibility index (Phi) is 5.78. The van der Waals surface area contributed by atoms with Crippen LogP contribution < -0.4 is 5.32 Å². The van der Waals surface area contributed by atoms with Crippen molar-refractivity contribution < 1.29 is 14.3 Å². The lowest BCUT2D eigenvalue weighted by Crippen LogP contribution is -2.39. The molecular weight excluding hydrogens is 304 g/mol. The lowest BCUT2D eigenvalue weighted by atomic mass is 9.89. The maximum absolute atomic E-state index is 11.9. The third kappa shape index (κ3) is 5.20. The first-order valence-electron chi connectivity index (χ1n) is 8.22. The number of amides is 1. The summed E-state index contributed by atoms with van der Waals surface area (Å²) in [5, 5.41) is 12.7. The van der Waals surface area contributed by atoms with Gasteiger partial charge in [0.05, 0.1) is 12.3 Å². The lowest BCUT2D eigenvalue weighted by molar-refractivity contribution is -0.121. The van der Waals surface area contributed by atoms with Crippen LogP contribution in [0.2, 0.25) is 0 Å². The van der Waals surface area contributed by atoms with Crippen LogP contribution in [0.3, 0.4) is 0 Å². The maximum Gasteiger partial charge on any atom is 0.220 e. The Morgan fingerprint density at radius 2 is 1.96 bits per heavy atom. The maximum atomic E-state index is 11.9. The zero-order valence-electron chi connectivity index (χ0n) is 14.8. The number of carbonyl (C=O) groups excluding carboxylic acids is 1. The number of oxazole rings is 1. The molecule has 1 unspecified atom stereocenters. The zero-order valence-corrected chi connectivity index (χ0v) is 14.8. The largest absolute Gasteiger partial charge is 0.441 e. The van der Waals surface area contributed by atoms with Crippen molar-refractivity contribution in [2.45, 2.75) is 46.6 Å². The van der Waals surface area contributed by atoms with E-state index in [-0.39, 0.29) is 24.3 Å². The van der Waals surface area contributed by atoms with Gasteiger partial charge in [-0.2, -0.15) is 0 Å². The first kappa shape index (κ1) is 18.2. The number of aromatic nitrogens is 1. The van der Waals surface area contributed by atoms with Gasteiger partial charge in [0, 0.05) is 24.9 Å². The molecule has 0 saturated carbocycles. The van der Waals surface area contributed by atoms with Gasteiger partial charge in [-0.15, -0.1) is 0 Å². The van der Waals surface area contributed by atoms with Crippen LogP contribution in [0.15, 0.2) is 34.9 Å². The van der Waals surface area contributed by atoms with Crippen LogP contribution in [0.25, 0.3) is 11.3 Å². The van der Waals surface area contributed by atoms with Gasteiger partial charge in [0.1, 0.15) is 0 Å². The molecule has 0 aliphatic carbocycles. The third-order valence-corrected chi connectivity index (χ3v) is 3.95. The molecule has 0 saturated heterocycles. The lowest BCUT2D eigenvalue weighted by Gasteiger charge is -2.25. The van der Waals surface area contributed by atoms with Gasteiger partial charge in [0.2, 0.25) is 5.91 Å². The molecule has 2 N–H and O–H groups in total. The Balaban J connectivity index is 1.82. The second-order valence-corrected chi connectivity index (χ2v) is 7.17. The van der Waals surface area contributed by atoms with Crippen LogP contribution in [0.1, 0.15) is 38.6 Å². The van der Waals surface area contributed by atoms with Gasteiger partial charge in [-0.1, -0.05) is 50.6 Å². The molecule has 130 valence electrons. The number of aliphatic hydroxyl groups excluding tert-OH is 1. The number of carbonyl (C=O) groups is 1. The first-order chi connectivity index (χ1) is 11.3. The third-order valence-electron chi connectivity index (χ3n) is 3.95. The predicted octanol–water partition coefficient (Wildman–Crippen LogP) is 3.11. The van der Waals surface area contributed by atoms with Gasteiger partial charge in [-0.25, -0.2) is 4.98 Å². The fourth-order valence-corrected chi connectivity index (χ4v) is 2.10. The predicted molar refractivity (Wildman–Crippen MR) is 93.5 cm³/mol. The highest BCUT2D eigenvalue weighted by Crippen LogP contribution is 2.21. The smallest absolute Gasteiger partial charge is 0.220 e. The molecule has 1 aromatic heterocycles. The summed E-state index contributed by atoms with van der Waals surface area (Å²) in [6.45, 7) is 8.09. The average molecular weight is 330 g/mol. The number of nitrogens with one attached hydrogen (secondary N) is 1. The summed E-state index contributed by atoms with van der Waals surface area (Å²) in [6.07, 6.45) is 1.83. The van der Waals surface area contributed by atoms with Crippen molar-refractivity contribution in [2.75, 3.05) is 6.54 Å². The zero-order chi connectivity index (χ0) is 17.7. The molecule has 24 heavy (non-hydrogen) atoms. The standard InChI is InChI=1S/C19H26N2O3/c1-13-5-7-14(8-6-13)15-11-21-18(24-15)10-9-17(23)20-12-16(22)19(2,3)4/h5-8,11,16,22H,9-10,12H2,1-4H3,(H,20,23).